The van der Waals surface area contributed by atoms with Crippen LogP contribution < -0.4 is 5.32 Å². The minimum Gasteiger partial charge on any atom is -0.325 e. The second-order valence-corrected chi connectivity index (χ2v) is 9.95. The highest BCUT2D eigenvalue weighted by atomic mass is 35.5. The third-order valence-electron chi connectivity index (χ3n) is 4.61. The second-order valence-electron chi connectivity index (χ2n) is 7.18. The number of carbonyl (C=O) groups excluding carboxylic acids is 1. The molecule has 0 saturated carbocycles. The van der Waals surface area contributed by atoms with E-state index in [0.717, 1.165) is 34.0 Å². The van der Waals surface area contributed by atoms with Crippen molar-refractivity contribution in [2.75, 3.05) is 11.1 Å². The van der Waals surface area contributed by atoms with E-state index in [1.807, 2.05) is 48.7 Å². The number of hydrogen-bond acceptors (Lipinski definition) is 5. The first-order valence-electron chi connectivity index (χ1n) is 9.92. The average Bonchev–Trinajstić information content (AvgIpc) is 3.13. The predicted molar refractivity (Wildman–Crippen MR) is 137 cm³/mol. The standard InChI is InChI=1S/C23H24Cl2N4OS2/c1-4-9-29-21(13-31-12-17-7-8-18(24)11-19(17)25)27-28-23(29)32-14-22(30)26-20-10-15(2)5-6-16(20)3/h4-8,10-11H,1,9,12-14H2,2-3H3,(H,26,30). The van der Waals surface area contributed by atoms with Crippen molar-refractivity contribution >= 4 is 58.3 Å². The Morgan fingerprint density at radius 3 is 2.72 bits per heavy atom. The zero-order valence-corrected chi connectivity index (χ0v) is 21.0. The van der Waals surface area contributed by atoms with Gasteiger partial charge in [-0.25, -0.2) is 0 Å². The summed E-state index contributed by atoms with van der Waals surface area (Å²) in [6.45, 7) is 8.39. The van der Waals surface area contributed by atoms with Crippen molar-refractivity contribution in [3.8, 4) is 0 Å². The minimum absolute atomic E-state index is 0.0786. The Hall–Kier alpha value is -1.93. The first-order valence-corrected chi connectivity index (χ1v) is 12.8. The lowest BCUT2D eigenvalue weighted by molar-refractivity contribution is -0.113. The summed E-state index contributed by atoms with van der Waals surface area (Å²) in [6, 6.07) is 11.5. The van der Waals surface area contributed by atoms with Gasteiger partial charge in [0.05, 0.1) is 11.5 Å². The summed E-state index contributed by atoms with van der Waals surface area (Å²) in [7, 11) is 0. The fraction of sp³-hybridized carbons (Fsp3) is 0.261. The van der Waals surface area contributed by atoms with Gasteiger partial charge in [-0.1, -0.05) is 59.2 Å². The van der Waals surface area contributed by atoms with Crippen molar-refractivity contribution in [2.45, 2.75) is 37.1 Å². The highest BCUT2D eigenvalue weighted by Crippen LogP contribution is 2.27. The molecular weight excluding hydrogens is 483 g/mol. The average molecular weight is 508 g/mol. The molecule has 0 aliphatic carbocycles. The molecule has 1 aromatic heterocycles. The molecule has 1 N–H and O–H groups in total. The van der Waals surface area contributed by atoms with Crippen LogP contribution in [0.1, 0.15) is 22.5 Å². The molecule has 0 atom stereocenters. The smallest absolute Gasteiger partial charge is 0.234 e. The van der Waals surface area contributed by atoms with Gasteiger partial charge >= 0.3 is 0 Å². The summed E-state index contributed by atoms with van der Waals surface area (Å²) in [4.78, 5) is 12.5. The fourth-order valence-corrected chi connectivity index (χ4v) is 5.21. The number of rotatable bonds is 10. The van der Waals surface area contributed by atoms with Crippen molar-refractivity contribution in [1.29, 1.82) is 0 Å². The Morgan fingerprint density at radius 2 is 1.97 bits per heavy atom. The van der Waals surface area contributed by atoms with Crippen molar-refractivity contribution in [3.05, 3.63) is 81.6 Å². The van der Waals surface area contributed by atoms with Crippen molar-refractivity contribution in [2.24, 2.45) is 0 Å². The zero-order valence-electron chi connectivity index (χ0n) is 17.9. The maximum absolute atomic E-state index is 12.5. The van der Waals surface area contributed by atoms with Crippen LogP contribution in [0, 0.1) is 13.8 Å². The highest BCUT2D eigenvalue weighted by molar-refractivity contribution is 7.99. The summed E-state index contributed by atoms with van der Waals surface area (Å²) >= 11 is 15.3. The molecule has 3 rings (SSSR count). The third kappa shape index (κ3) is 6.78. The van der Waals surface area contributed by atoms with E-state index in [4.69, 9.17) is 23.2 Å². The number of allylic oxidation sites excluding steroid dienone is 1. The first-order chi connectivity index (χ1) is 15.4. The molecule has 0 fully saturated rings. The zero-order chi connectivity index (χ0) is 23.1. The predicted octanol–water partition coefficient (Wildman–Crippen LogP) is 6.55. The summed E-state index contributed by atoms with van der Waals surface area (Å²) in [5, 5.41) is 13.6. The van der Waals surface area contributed by atoms with E-state index in [1.165, 1.54) is 11.8 Å². The summed E-state index contributed by atoms with van der Waals surface area (Å²) in [5.74, 6) is 2.39. The number of amides is 1. The van der Waals surface area contributed by atoms with Crippen LogP contribution >= 0.6 is 46.7 Å². The van der Waals surface area contributed by atoms with Crippen LogP contribution in [-0.4, -0.2) is 26.4 Å². The Balaban J connectivity index is 1.59. The van der Waals surface area contributed by atoms with Gasteiger partial charge in [0.15, 0.2) is 5.16 Å². The maximum Gasteiger partial charge on any atom is 0.234 e. The number of anilines is 1. The quantitative estimate of drug-likeness (QED) is 0.249. The summed E-state index contributed by atoms with van der Waals surface area (Å²) in [6.07, 6.45) is 1.80. The van der Waals surface area contributed by atoms with Crippen molar-refractivity contribution < 1.29 is 4.79 Å². The molecule has 1 heterocycles. The largest absolute Gasteiger partial charge is 0.325 e. The summed E-state index contributed by atoms with van der Waals surface area (Å²) in [5.41, 5.74) is 3.99. The first kappa shape index (κ1) is 24.7. The van der Waals surface area contributed by atoms with E-state index >= 15 is 0 Å². The van der Waals surface area contributed by atoms with Crippen LogP contribution in [-0.2, 0) is 22.8 Å². The Labute approximate surface area is 207 Å². The number of halogens is 2. The van der Waals surface area contributed by atoms with Gasteiger partial charge in [-0.2, -0.15) is 0 Å². The molecule has 0 bridgehead atoms. The molecule has 9 heteroatoms. The van der Waals surface area contributed by atoms with Gasteiger partial charge in [-0.3, -0.25) is 4.79 Å². The Morgan fingerprint density at radius 1 is 1.16 bits per heavy atom. The van der Waals surface area contributed by atoms with Gasteiger partial charge in [0.1, 0.15) is 5.82 Å². The number of nitrogens with one attached hydrogen (secondary N) is 1. The van der Waals surface area contributed by atoms with Crippen LogP contribution in [0.4, 0.5) is 5.69 Å². The molecule has 5 nitrogen and oxygen atoms in total. The lowest BCUT2D eigenvalue weighted by atomic mass is 10.1. The molecule has 0 radical (unpaired) electrons. The SMILES string of the molecule is C=CCn1c(CSCc2ccc(Cl)cc2Cl)nnc1SCC(=O)Nc1cc(C)ccc1C. The lowest BCUT2D eigenvalue weighted by Crippen LogP contribution is -2.15. The second kappa shape index (κ2) is 11.8. The lowest BCUT2D eigenvalue weighted by Gasteiger charge is -2.10. The van der Waals surface area contributed by atoms with Crippen LogP contribution in [0.3, 0.4) is 0 Å². The Kier molecular flexibility index (Phi) is 9.11. The van der Waals surface area contributed by atoms with Gasteiger partial charge < -0.3 is 9.88 Å². The molecule has 32 heavy (non-hydrogen) atoms. The Bertz CT molecular complexity index is 1120. The molecule has 0 aliphatic heterocycles. The van der Waals surface area contributed by atoms with Crippen LogP contribution in [0.15, 0.2) is 54.2 Å². The van der Waals surface area contributed by atoms with Crippen LogP contribution in [0.25, 0.3) is 0 Å². The molecule has 0 saturated heterocycles. The molecule has 0 spiro atoms. The van der Waals surface area contributed by atoms with E-state index < -0.39 is 0 Å². The number of carbonyl (C=O) groups is 1. The van der Waals surface area contributed by atoms with Crippen LogP contribution in [0.5, 0.6) is 0 Å². The molecule has 3 aromatic rings. The normalized spacial score (nSPS) is 10.9. The number of thioether (sulfide) groups is 2. The summed E-state index contributed by atoms with van der Waals surface area (Å²) < 4.78 is 1.99. The molecule has 168 valence electrons. The van der Waals surface area contributed by atoms with Crippen molar-refractivity contribution in [1.82, 2.24) is 14.8 Å². The molecular formula is C23H24Cl2N4OS2. The number of aryl methyl sites for hydroxylation is 2. The van der Waals surface area contributed by atoms with Gasteiger partial charge in [-0.15, -0.1) is 28.5 Å². The monoisotopic (exact) mass is 506 g/mol. The van der Waals surface area contributed by atoms with E-state index in [9.17, 15) is 4.79 Å². The van der Waals surface area contributed by atoms with E-state index in [1.54, 1.807) is 23.9 Å². The van der Waals surface area contributed by atoms with Gasteiger partial charge in [0.2, 0.25) is 5.91 Å². The van der Waals surface area contributed by atoms with Crippen LogP contribution in [0.2, 0.25) is 10.0 Å². The fourth-order valence-electron chi connectivity index (χ4n) is 2.92. The number of nitrogens with zero attached hydrogens (tertiary/aromatic N) is 3. The molecule has 2 aromatic carbocycles. The molecule has 0 aliphatic rings. The van der Waals surface area contributed by atoms with E-state index in [-0.39, 0.29) is 11.7 Å². The molecule has 0 unspecified atom stereocenters. The number of hydrogen-bond donors (Lipinski definition) is 1. The minimum atomic E-state index is -0.0786. The maximum atomic E-state index is 12.5. The number of benzene rings is 2. The number of aromatic nitrogens is 3. The van der Waals surface area contributed by atoms with E-state index in [2.05, 4.69) is 22.1 Å². The topological polar surface area (TPSA) is 59.8 Å². The van der Waals surface area contributed by atoms with E-state index in [0.29, 0.717) is 27.5 Å². The highest BCUT2D eigenvalue weighted by Gasteiger charge is 2.14. The molecule has 1 amide bonds. The van der Waals surface area contributed by atoms with Gasteiger partial charge in [0.25, 0.3) is 0 Å². The van der Waals surface area contributed by atoms with Gasteiger partial charge in [-0.05, 0) is 48.7 Å². The van der Waals surface area contributed by atoms with Crippen molar-refractivity contribution in [3.63, 3.8) is 0 Å². The van der Waals surface area contributed by atoms with Gasteiger partial charge in [0, 0.05) is 28.0 Å². The third-order valence-corrected chi connectivity index (χ3v) is 7.14.